The maximum atomic E-state index is 11.1. The van der Waals surface area contributed by atoms with Crippen molar-refractivity contribution < 1.29 is 4.79 Å². The monoisotopic (exact) mass is 253 g/mol. The molecular weight excluding hydrogens is 242 g/mol. The molecule has 74 valence electrons. The number of benzene rings is 1. The molecule has 2 rings (SSSR count). The lowest BCUT2D eigenvalue weighted by molar-refractivity contribution is -0.119. The average molecular weight is 254 g/mol. The number of aryl methyl sites for hydroxylation is 1. The molecule has 0 aliphatic carbocycles. The maximum absolute atomic E-state index is 11.1. The second-order valence-corrected chi connectivity index (χ2v) is 4.57. The Balaban J connectivity index is 2.24. The van der Waals surface area contributed by atoms with Gasteiger partial charge in [0.25, 0.3) is 0 Å². The minimum Gasteiger partial charge on any atom is -0.355 e. The summed E-state index contributed by atoms with van der Waals surface area (Å²) >= 11 is 3.50. The van der Waals surface area contributed by atoms with E-state index in [0.29, 0.717) is 12.3 Å². The van der Waals surface area contributed by atoms with Crippen LogP contribution in [0.25, 0.3) is 0 Å². The van der Waals surface area contributed by atoms with Gasteiger partial charge in [0.1, 0.15) is 0 Å². The van der Waals surface area contributed by atoms with E-state index in [1.807, 2.05) is 0 Å². The summed E-state index contributed by atoms with van der Waals surface area (Å²) in [5.41, 5.74) is 2.46. The lowest BCUT2D eigenvalue weighted by Crippen LogP contribution is -2.13. The molecule has 0 aromatic heterocycles. The Hall–Kier alpha value is -0.830. The molecule has 1 N–H and O–H groups in total. The second-order valence-electron chi connectivity index (χ2n) is 3.71. The standard InChI is InChI=1S/C11H12BrNO/c1-7-2-3-8(4-10(7)12)9-5-11(14)13-6-9/h2-4,9H,5-6H2,1H3,(H,13,14). The van der Waals surface area contributed by atoms with E-state index in [-0.39, 0.29) is 5.91 Å². The Kier molecular flexibility index (Phi) is 2.59. The molecule has 2 nitrogen and oxygen atoms in total. The highest BCUT2D eigenvalue weighted by Crippen LogP contribution is 2.27. The van der Waals surface area contributed by atoms with Crippen molar-refractivity contribution in [2.45, 2.75) is 19.3 Å². The zero-order chi connectivity index (χ0) is 10.1. The van der Waals surface area contributed by atoms with Crippen LogP contribution in [0.3, 0.4) is 0 Å². The maximum Gasteiger partial charge on any atom is 0.220 e. The van der Waals surface area contributed by atoms with Crippen LogP contribution in [-0.2, 0) is 4.79 Å². The second kappa shape index (κ2) is 3.73. The summed E-state index contributed by atoms with van der Waals surface area (Å²) in [5.74, 6) is 0.506. The first kappa shape index (κ1) is 9.71. The first-order valence-electron chi connectivity index (χ1n) is 4.69. The SMILES string of the molecule is Cc1ccc(C2CNC(=O)C2)cc1Br. The highest BCUT2D eigenvalue weighted by molar-refractivity contribution is 9.10. The fourth-order valence-electron chi connectivity index (χ4n) is 1.70. The van der Waals surface area contributed by atoms with E-state index >= 15 is 0 Å². The van der Waals surface area contributed by atoms with Crippen LogP contribution in [-0.4, -0.2) is 12.5 Å². The molecule has 1 aromatic carbocycles. The molecule has 1 aromatic rings. The summed E-state index contributed by atoms with van der Waals surface area (Å²) < 4.78 is 1.12. The molecule has 0 radical (unpaired) electrons. The number of carbonyl (C=O) groups excluding carboxylic acids is 1. The van der Waals surface area contributed by atoms with Gasteiger partial charge in [-0.15, -0.1) is 0 Å². The molecule has 0 spiro atoms. The predicted molar refractivity (Wildman–Crippen MR) is 59.2 cm³/mol. The molecule has 0 saturated carbocycles. The molecule has 1 aliphatic heterocycles. The van der Waals surface area contributed by atoms with E-state index in [0.717, 1.165) is 11.0 Å². The number of carbonyl (C=O) groups is 1. The van der Waals surface area contributed by atoms with Gasteiger partial charge in [0.05, 0.1) is 0 Å². The molecule has 1 unspecified atom stereocenters. The van der Waals surface area contributed by atoms with Gasteiger partial charge < -0.3 is 5.32 Å². The van der Waals surface area contributed by atoms with E-state index in [1.165, 1.54) is 11.1 Å². The lowest BCUT2D eigenvalue weighted by atomic mass is 9.97. The van der Waals surface area contributed by atoms with Gasteiger partial charge in [-0.25, -0.2) is 0 Å². The molecule has 0 bridgehead atoms. The highest BCUT2D eigenvalue weighted by Gasteiger charge is 2.22. The first-order chi connectivity index (χ1) is 6.66. The van der Waals surface area contributed by atoms with E-state index in [4.69, 9.17) is 0 Å². The summed E-state index contributed by atoms with van der Waals surface area (Å²) in [4.78, 5) is 11.1. The summed E-state index contributed by atoms with van der Waals surface area (Å²) in [6, 6.07) is 6.30. The van der Waals surface area contributed by atoms with Gasteiger partial charge in [-0.05, 0) is 24.1 Å². The lowest BCUT2D eigenvalue weighted by Gasteiger charge is -2.09. The minimum absolute atomic E-state index is 0.159. The fourth-order valence-corrected chi connectivity index (χ4v) is 2.10. The molecule has 1 fully saturated rings. The summed E-state index contributed by atoms with van der Waals surface area (Å²) in [6.45, 7) is 2.83. The van der Waals surface area contributed by atoms with Crippen molar-refractivity contribution in [1.29, 1.82) is 0 Å². The Morgan fingerprint density at radius 1 is 1.50 bits per heavy atom. The van der Waals surface area contributed by atoms with Crippen molar-refractivity contribution in [2.24, 2.45) is 0 Å². The highest BCUT2D eigenvalue weighted by atomic mass is 79.9. The van der Waals surface area contributed by atoms with Crippen molar-refractivity contribution in [1.82, 2.24) is 5.32 Å². The largest absolute Gasteiger partial charge is 0.355 e. The summed E-state index contributed by atoms with van der Waals surface area (Å²) in [7, 11) is 0. The number of halogens is 1. The Morgan fingerprint density at radius 2 is 2.29 bits per heavy atom. The molecular formula is C11H12BrNO. The Bertz CT molecular complexity index is 376. The van der Waals surface area contributed by atoms with Crippen molar-refractivity contribution in [3.63, 3.8) is 0 Å². The summed E-state index contributed by atoms with van der Waals surface area (Å²) in [5, 5.41) is 2.85. The molecule has 1 aliphatic rings. The van der Waals surface area contributed by atoms with Gasteiger partial charge >= 0.3 is 0 Å². The zero-order valence-corrected chi connectivity index (χ0v) is 9.60. The molecule has 1 heterocycles. The van der Waals surface area contributed by atoms with Crippen molar-refractivity contribution >= 4 is 21.8 Å². The number of hydrogen-bond donors (Lipinski definition) is 1. The van der Waals surface area contributed by atoms with Crippen LogP contribution in [0.5, 0.6) is 0 Å². The topological polar surface area (TPSA) is 29.1 Å². The zero-order valence-electron chi connectivity index (χ0n) is 8.01. The molecule has 1 atom stereocenters. The van der Waals surface area contributed by atoms with Crippen LogP contribution in [0, 0.1) is 6.92 Å². The van der Waals surface area contributed by atoms with Crippen molar-refractivity contribution in [3.8, 4) is 0 Å². The number of amides is 1. The van der Waals surface area contributed by atoms with Gasteiger partial charge in [-0.2, -0.15) is 0 Å². The normalized spacial score (nSPS) is 21.0. The third-order valence-corrected chi connectivity index (χ3v) is 3.50. The third kappa shape index (κ3) is 1.82. The smallest absolute Gasteiger partial charge is 0.220 e. The van der Waals surface area contributed by atoms with E-state index < -0.39 is 0 Å². The Morgan fingerprint density at radius 3 is 2.86 bits per heavy atom. The van der Waals surface area contributed by atoms with Gasteiger partial charge in [0.2, 0.25) is 5.91 Å². The van der Waals surface area contributed by atoms with Gasteiger partial charge in [0, 0.05) is 23.4 Å². The summed E-state index contributed by atoms with van der Waals surface area (Å²) in [6.07, 6.45) is 0.621. The number of rotatable bonds is 1. The van der Waals surface area contributed by atoms with E-state index in [1.54, 1.807) is 0 Å². The number of nitrogens with one attached hydrogen (secondary N) is 1. The van der Waals surface area contributed by atoms with Crippen molar-refractivity contribution in [2.75, 3.05) is 6.54 Å². The van der Waals surface area contributed by atoms with Crippen LogP contribution >= 0.6 is 15.9 Å². The van der Waals surface area contributed by atoms with Gasteiger partial charge in [-0.1, -0.05) is 28.1 Å². The van der Waals surface area contributed by atoms with E-state index in [2.05, 4.69) is 46.4 Å². The van der Waals surface area contributed by atoms with Gasteiger partial charge in [-0.3, -0.25) is 4.79 Å². The number of hydrogen-bond acceptors (Lipinski definition) is 1. The van der Waals surface area contributed by atoms with E-state index in [9.17, 15) is 4.79 Å². The predicted octanol–water partition coefficient (Wildman–Crippen LogP) is 2.36. The van der Waals surface area contributed by atoms with Crippen LogP contribution in [0.1, 0.15) is 23.5 Å². The minimum atomic E-state index is 0.159. The average Bonchev–Trinajstić information content (AvgIpc) is 2.57. The first-order valence-corrected chi connectivity index (χ1v) is 5.49. The third-order valence-electron chi connectivity index (χ3n) is 2.64. The van der Waals surface area contributed by atoms with Gasteiger partial charge in [0.15, 0.2) is 0 Å². The molecule has 1 amide bonds. The van der Waals surface area contributed by atoms with Crippen LogP contribution in [0.15, 0.2) is 22.7 Å². The van der Waals surface area contributed by atoms with Crippen LogP contribution < -0.4 is 5.32 Å². The van der Waals surface area contributed by atoms with Crippen LogP contribution in [0.4, 0.5) is 0 Å². The molecule has 1 saturated heterocycles. The quantitative estimate of drug-likeness (QED) is 0.818. The molecule has 3 heteroatoms. The molecule has 14 heavy (non-hydrogen) atoms. The van der Waals surface area contributed by atoms with Crippen molar-refractivity contribution in [3.05, 3.63) is 33.8 Å². The van der Waals surface area contributed by atoms with Crippen LogP contribution in [0.2, 0.25) is 0 Å². The fraction of sp³-hybridized carbons (Fsp3) is 0.364. The Labute approximate surface area is 91.8 Å².